The van der Waals surface area contributed by atoms with Gasteiger partial charge in [-0.15, -0.1) is 0 Å². The van der Waals surface area contributed by atoms with Gasteiger partial charge in [-0.3, -0.25) is 9.59 Å². The van der Waals surface area contributed by atoms with Gasteiger partial charge >= 0.3 is 17.8 Å². The van der Waals surface area contributed by atoms with Crippen LogP contribution in [-0.4, -0.2) is 67.9 Å². The summed E-state index contributed by atoms with van der Waals surface area (Å²) in [4.78, 5) is 40.0. The van der Waals surface area contributed by atoms with Crippen LogP contribution in [0.1, 0.15) is 23.2 Å². The van der Waals surface area contributed by atoms with Crippen LogP contribution in [0, 0.1) is 0 Å². The third kappa shape index (κ3) is 4.11. The van der Waals surface area contributed by atoms with Gasteiger partial charge in [-0.2, -0.15) is 0 Å². The normalized spacial score (nSPS) is 15.6. The maximum Gasteiger partial charge on any atom is 0.339 e. The summed E-state index contributed by atoms with van der Waals surface area (Å²) >= 11 is 0. The number of nitrogens with one attached hydrogen (secondary N) is 1. The first-order valence-electron chi connectivity index (χ1n) is 7.88. The van der Waals surface area contributed by atoms with Gasteiger partial charge in [0.1, 0.15) is 0 Å². The molecule has 24 heavy (non-hydrogen) atoms. The Morgan fingerprint density at radius 2 is 1.83 bits per heavy atom. The minimum atomic E-state index is -0.757. The lowest BCUT2D eigenvalue weighted by Crippen LogP contribution is -2.48. The second kappa shape index (κ2) is 7.92. The second-order valence-corrected chi connectivity index (χ2v) is 5.94. The van der Waals surface area contributed by atoms with Crippen LogP contribution in [-0.2, 0) is 14.3 Å². The Morgan fingerprint density at radius 3 is 2.46 bits per heavy atom. The van der Waals surface area contributed by atoms with Crippen LogP contribution >= 0.6 is 0 Å². The van der Waals surface area contributed by atoms with E-state index in [4.69, 9.17) is 0 Å². The maximum absolute atomic E-state index is 12.4. The molecule has 2 amide bonds. The van der Waals surface area contributed by atoms with E-state index >= 15 is 0 Å². The largest absolute Gasteiger partial charge is 0.465 e. The Hall–Kier alpha value is -2.41. The first kappa shape index (κ1) is 17.9. The number of carbonyl (C=O) groups is 3. The number of likely N-dealkylation sites (tertiary alicyclic amines) is 1. The highest BCUT2D eigenvalue weighted by Gasteiger charge is 2.28. The van der Waals surface area contributed by atoms with Crippen molar-refractivity contribution in [2.75, 3.05) is 39.6 Å². The zero-order chi connectivity index (χ0) is 17.7. The van der Waals surface area contributed by atoms with Crippen molar-refractivity contribution >= 4 is 23.5 Å². The Labute approximate surface area is 141 Å². The maximum atomic E-state index is 12.4. The fourth-order valence-corrected chi connectivity index (χ4v) is 2.76. The van der Waals surface area contributed by atoms with E-state index in [1.165, 1.54) is 18.1 Å². The summed E-state index contributed by atoms with van der Waals surface area (Å²) < 4.78 is 4.68. The summed E-state index contributed by atoms with van der Waals surface area (Å²) in [5.74, 6) is -1.93. The molecule has 0 saturated carbocycles. The number of benzene rings is 1. The zero-order valence-corrected chi connectivity index (χ0v) is 14.2. The number of para-hydroxylation sites is 1. The lowest BCUT2D eigenvalue weighted by Gasteiger charge is -2.34. The van der Waals surface area contributed by atoms with E-state index in [0.717, 1.165) is 25.9 Å². The number of piperidine rings is 1. The minimum Gasteiger partial charge on any atom is -0.465 e. The highest BCUT2D eigenvalue weighted by molar-refractivity contribution is 6.39. The molecule has 2 rings (SSSR count). The number of likely N-dealkylation sites (N-methyl/N-ethyl adjacent to an activating group) is 1. The molecule has 0 bridgehead atoms. The molecular weight excluding hydrogens is 310 g/mol. The summed E-state index contributed by atoms with van der Waals surface area (Å²) in [5, 5.41) is 2.51. The van der Waals surface area contributed by atoms with E-state index in [1.807, 2.05) is 7.05 Å². The third-order valence-corrected chi connectivity index (χ3v) is 4.33. The van der Waals surface area contributed by atoms with Crippen molar-refractivity contribution in [3.8, 4) is 0 Å². The number of esters is 1. The summed E-state index contributed by atoms with van der Waals surface area (Å²) in [6.45, 7) is 1.80. The number of ether oxygens (including phenoxy) is 1. The van der Waals surface area contributed by atoms with Gasteiger partial charge < -0.3 is 19.9 Å². The molecular formula is C17H23N3O4. The number of carbonyl (C=O) groups excluding carboxylic acids is 3. The van der Waals surface area contributed by atoms with Gasteiger partial charge in [-0.1, -0.05) is 12.1 Å². The average Bonchev–Trinajstić information content (AvgIpc) is 2.60. The number of hydrogen-bond donors (Lipinski definition) is 1. The van der Waals surface area contributed by atoms with Crippen LogP contribution < -0.4 is 5.32 Å². The Kier molecular flexibility index (Phi) is 5.92. The molecule has 0 aliphatic carbocycles. The fraction of sp³-hybridized carbons (Fsp3) is 0.471. The SMILES string of the molecule is COC(=O)c1ccccc1NC(=O)C(=O)N(C)C1CCN(C)CC1. The van der Waals surface area contributed by atoms with Crippen LogP contribution in [0.5, 0.6) is 0 Å². The van der Waals surface area contributed by atoms with Crippen LogP contribution in [0.25, 0.3) is 0 Å². The summed E-state index contributed by atoms with van der Waals surface area (Å²) in [7, 11) is 4.94. The summed E-state index contributed by atoms with van der Waals surface area (Å²) in [5.41, 5.74) is 0.475. The van der Waals surface area contributed by atoms with Crippen molar-refractivity contribution in [3.05, 3.63) is 29.8 Å². The highest BCUT2D eigenvalue weighted by atomic mass is 16.5. The quantitative estimate of drug-likeness (QED) is 0.658. The van der Waals surface area contributed by atoms with Crippen LogP contribution in [0.2, 0.25) is 0 Å². The predicted molar refractivity (Wildman–Crippen MR) is 89.7 cm³/mol. The lowest BCUT2D eigenvalue weighted by atomic mass is 10.0. The van der Waals surface area contributed by atoms with E-state index in [0.29, 0.717) is 0 Å². The number of amides is 2. The Bertz CT molecular complexity index is 624. The van der Waals surface area contributed by atoms with Gasteiger partial charge in [0.15, 0.2) is 0 Å². The van der Waals surface area contributed by atoms with E-state index < -0.39 is 17.8 Å². The lowest BCUT2D eigenvalue weighted by molar-refractivity contribution is -0.144. The van der Waals surface area contributed by atoms with E-state index in [2.05, 4.69) is 15.0 Å². The zero-order valence-electron chi connectivity index (χ0n) is 14.2. The van der Waals surface area contributed by atoms with Crippen LogP contribution in [0.3, 0.4) is 0 Å². The molecule has 1 aromatic carbocycles. The first-order valence-corrected chi connectivity index (χ1v) is 7.88. The molecule has 7 heteroatoms. The summed E-state index contributed by atoms with van der Waals surface area (Å²) in [6.07, 6.45) is 1.68. The molecule has 130 valence electrons. The van der Waals surface area contributed by atoms with Crippen molar-refractivity contribution in [3.63, 3.8) is 0 Å². The topological polar surface area (TPSA) is 78.9 Å². The number of nitrogens with zero attached hydrogens (tertiary/aromatic N) is 2. The number of rotatable bonds is 3. The van der Waals surface area contributed by atoms with Gasteiger partial charge in [-0.25, -0.2) is 4.79 Å². The molecule has 7 nitrogen and oxygen atoms in total. The van der Waals surface area contributed by atoms with Gasteiger partial charge in [0.25, 0.3) is 0 Å². The van der Waals surface area contributed by atoms with E-state index in [-0.39, 0.29) is 17.3 Å². The molecule has 0 unspecified atom stereocenters. The number of hydrogen-bond acceptors (Lipinski definition) is 5. The van der Waals surface area contributed by atoms with Crippen molar-refractivity contribution in [2.45, 2.75) is 18.9 Å². The van der Waals surface area contributed by atoms with Crippen molar-refractivity contribution in [1.82, 2.24) is 9.80 Å². The third-order valence-electron chi connectivity index (χ3n) is 4.33. The number of methoxy groups -OCH3 is 1. The molecule has 0 aromatic heterocycles. The van der Waals surface area contributed by atoms with Gasteiger partial charge in [0.05, 0.1) is 18.4 Å². The molecule has 1 heterocycles. The molecule has 1 aliphatic heterocycles. The van der Waals surface area contributed by atoms with E-state index in [1.54, 1.807) is 25.2 Å². The highest BCUT2D eigenvalue weighted by Crippen LogP contribution is 2.18. The molecule has 0 atom stereocenters. The smallest absolute Gasteiger partial charge is 0.339 e. The monoisotopic (exact) mass is 333 g/mol. The van der Waals surface area contributed by atoms with Crippen LogP contribution in [0.15, 0.2) is 24.3 Å². The molecule has 1 fully saturated rings. The second-order valence-electron chi connectivity index (χ2n) is 5.94. The molecule has 1 aromatic rings. The Morgan fingerprint density at radius 1 is 1.21 bits per heavy atom. The first-order chi connectivity index (χ1) is 11.4. The minimum absolute atomic E-state index is 0.0512. The molecule has 0 radical (unpaired) electrons. The van der Waals surface area contributed by atoms with Crippen LogP contribution in [0.4, 0.5) is 5.69 Å². The number of anilines is 1. The predicted octanol–water partition coefficient (Wildman–Crippen LogP) is 0.964. The molecule has 1 aliphatic rings. The molecule has 1 N–H and O–H groups in total. The van der Waals surface area contributed by atoms with Gasteiger partial charge in [0, 0.05) is 13.1 Å². The standard InChI is InChI=1S/C17H23N3O4/c1-19-10-8-12(9-11-19)20(2)16(22)15(21)18-14-7-5-4-6-13(14)17(23)24-3/h4-7,12H,8-11H2,1-3H3,(H,18,21). The van der Waals surface area contributed by atoms with Gasteiger partial charge in [-0.05, 0) is 45.1 Å². The molecule has 0 spiro atoms. The van der Waals surface area contributed by atoms with Crippen molar-refractivity contribution in [2.24, 2.45) is 0 Å². The van der Waals surface area contributed by atoms with Gasteiger partial charge in [0.2, 0.25) is 0 Å². The van der Waals surface area contributed by atoms with Crippen molar-refractivity contribution < 1.29 is 19.1 Å². The molecule has 1 saturated heterocycles. The van der Waals surface area contributed by atoms with Crippen molar-refractivity contribution in [1.29, 1.82) is 0 Å². The fourth-order valence-electron chi connectivity index (χ4n) is 2.76. The summed E-state index contributed by atoms with van der Waals surface area (Å²) in [6, 6.07) is 6.48. The average molecular weight is 333 g/mol. The van der Waals surface area contributed by atoms with E-state index in [9.17, 15) is 14.4 Å². The Balaban J connectivity index is 2.04.